The molecule has 0 unspecified atom stereocenters. The van der Waals surface area contributed by atoms with Crippen LogP contribution in [0.1, 0.15) is 34.6 Å². The van der Waals surface area contributed by atoms with E-state index in [4.69, 9.17) is 9.57 Å². The summed E-state index contributed by atoms with van der Waals surface area (Å²) in [5, 5.41) is 3.77. The molecule has 0 radical (unpaired) electrons. The lowest BCUT2D eigenvalue weighted by Gasteiger charge is -2.24. The lowest BCUT2D eigenvalue weighted by atomic mass is 10.2. The van der Waals surface area contributed by atoms with E-state index in [-0.39, 0.29) is 6.09 Å². The minimum absolute atomic E-state index is 0.353. The number of oxime groups is 1. The van der Waals surface area contributed by atoms with Crippen molar-refractivity contribution in [1.82, 2.24) is 4.90 Å². The average molecular weight is 244 g/mol. The maximum atomic E-state index is 11.5. The van der Waals surface area contributed by atoms with Gasteiger partial charge in [-0.2, -0.15) is 0 Å². The quantitative estimate of drug-likeness (QED) is 0.424. The van der Waals surface area contributed by atoms with Crippen molar-refractivity contribution in [3.63, 3.8) is 0 Å². The number of rotatable bonds is 5. The molecule has 0 atom stereocenters. The number of hydrogen-bond donors (Lipinski definition) is 0. The molecule has 0 spiro atoms. The largest absolute Gasteiger partial charge is 0.444 e. The van der Waals surface area contributed by atoms with Gasteiger partial charge in [0.2, 0.25) is 0 Å². The lowest BCUT2D eigenvalue weighted by Crippen LogP contribution is -2.35. The maximum absolute atomic E-state index is 11.5. The lowest BCUT2D eigenvalue weighted by molar-refractivity contribution is 0.0236. The first-order valence-corrected chi connectivity index (χ1v) is 5.82. The molecule has 0 N–H and O–H groups in total. The van der Waals surface area contributed by atoms with Crippen LogP contribution in [0.3, 0.4) is 0 Å². The maximum Gasteiger partial charge on any atom is 0.410 e. The fourth-order valence-corrected chi connectivity index (χ4v) is 0.826. The molecule has 0 saturated carbocycles. The van der Waals surface area contributed by atoms with Crippen LogP contribution in [0.25, 0.3) is 0 Å². The average Bonchev–Trinajstić information content (AvgIpc) is 2.13. The Labute approximate surface area is 104 Å². The highest BCUT2D eigenvalue weighted by Crippen LogP contribution is 2.08. The van der Waals surface area contributed by atoms with Crippen molar-refractivity contribution in [2.75, 3.05) is 20.2 Å². The van der Waals surface area contributed by atoms with E-state index in [1.54, 1.807) is 13.3 Å². The van der Waals surface area contributed by atoms with Gasteiger partial charge in [0, 0.05) is 13.3 Å². The van der Waals surface area contributed by atoms with Gasteiger partial charge in [0.05, 0.1) is 6.54 Å². The van der Waals surface area contributed by atoms with Gasteiger partial charge in [0.1, 0.15) is 12.2 Å². The van der Waals surface area contributed by atoms with Crippen LogP contribution in [-0.4, -0.2) is 43.0 Å². The molecule has 0 aliphatic rings. The van der Waals surface area contributed by atoms with E-state index in [1.165, 1.54) is 4.90 Å². The SMILES string of the molecule is CC(C)/C=N/OCCN(C)C(=O)OC(C)(C)C. The van der Waals surface area contributed by atoms with Crippen LogP contribution >= 0.6 is 0 Å². The summed E-state index contributed by atoms with van der Waals surface area (Å²) >= 11 is 0. The molecule has 0 rings (SSSR count). The van der Waals surface area contributed by atoms with Crippen molar-refractivity contribution >= 4 is 12.3 Å². The predicted molar refractivity (Wildman–Crippen MR) is 68.1 cm³/mol. The van der Waals surface area contributed by atoms with Gasteiger partial charge >= 0.3 is 6.09 Å². The summed E-state index contributed by atoms with van der Waals surface area (Å²) in [4.78, 5) is 18.0. The van der Waals surface area contributed by atoms with E-state index < -0.39 is 5.60 Å². The normalized spacial score (nSPS) is 11.9. The molecule has 1 amide bonds. The van der Waals surface area contributed by atoms with Gasteiger partial charge in [-0.15, -0.1) is 0 Å². The Morgan fingerprint density at radius 2 is 2.00 bits per heavy atom. The van der Waals surface area contributed by atoms with Crippen LogP contribution in [0.15, 0.2) is 5.16 Å². The summed E-state index contributed by atoms with van der Waals surface area (Å²) in [5.41, 5.74) is -0.470. The number of amides is 1. The van der Waals surface area contributed by atoms with Gasteiger partial charge in [-0.3, -0.25) is 0 Å². The summed E-state index contributed by atoms with van der Waals surface area (Å²) in [5.74, 6) is 0.360. The minimum Gasteiger partial charge on any atom is -0.444 e. The zero-order valence-electron chi connectivity index (χ0n) is 11.7. The molecule has 0 aliphatic heterocycles. The van der Waals surface area contributed by atoms with Crippen LogP contribution in [0, 0.1) is 5.92 Å². The van der Waals surface area contributed by atoms with E-state index in [1.807, 2.05) is 34.6 Å². The van der Waals surface area contributed by atoms with Gasteiger partial charge in [-0.05, 0) is 26.7 Å². The second-order valence-electron chi connectivity index (χ2n) is 5.23. The van der Waals surface area contributed by atoms with Crippen molar-refractivity contribution in [3.8, 4) is 0 Å². The third-order valence-electron chi connectivity index (χ3n) is 1.66. The van der Waals surface area contributed by atoms with Crippen molar-refractivity contribution in [3.05, 3.63) is 0 Å². The third-order valence-corrected chi connectivity index (χ3v) is 1.66. The van der Waals surface area contributed by atoms with E-state index in [0.717, 1.165) is 0 Å². The molecule has 5 nitrogen and oxygen atoms in total. The van der Waals surface area contributed by atoms with Crippen molar-refractivity contribution in [1.29, 1.82) is 0 Å². The zero-order valence-corrected chi connectivity index (χ0v) is 11.7. The first kappa shape index (κ1) is 15.7. The molecule has 0 aromatic rings. The van der Waals surface area contributed by atoms with Gasteiger partial charge in [0.25, 0.3) is 0 Å². The Balaban J connectivity index is 3.79. The summed E-state index contributed by atoms with van der Waals surface area (Å²) < 4.78 is 5.19. The molecule has 0 aliphatic carbocycles. The molecular formula is C12H24N2O3. The van der Waals surface area contributed by atoms with E-state index in [0.29, 0.717) is 19.1 Å². The Hall–Kier alpha value is -1.26. The minimum atomic E-state index is -0.470. The fraction of sp³-hybridized carbons (Fsp3) is 0.833. The molecular weight excluding hydrogens is 220 g/mol. The van der Waals surface area contributed by atoms with E-state index in [2.05, 4.69) is 5.16 Å². The zero-order chi connectivity index (χ0) is 13.5. The second-order valence-corrected chi connectivity index (χ2v) is 5.23. The van der Waals surface area contributed by atoms with Crippen LogP contribution in [0.4, 0.5) is 4.79 Å². The van der Waals surface area contributed by atoms with Crippen LogP contribution in [0.5, 0.6) is 0 Å². The van der Waals surface area contributed by atoms with Crippen molar-refractivity contribution in [2.45, 2.75) is 40.2 Å². The highest BCUT2D eigenvalue weighted by Gasteiger charge is 2.19. The first-order valence-electron chi connectivity index (χ1n) is 5.82. The van der Waals surface area contributed by atoms with Crippen LogP contribution in [0.2, 0.25) is 0 Å². The molecule has 0 aromatic heterocycles. The predicted octanol–water partition coefficient (Wildman–Crippen LogP) is 2.51. The van der Waals surface area contributed by atoms with Gasteiger partial charge in [-0.25, -0.2) is 4.79 Å². The summed E-state index contributed by atoms with van der Waals surface area (Å²) in [6.07, 6.45) is 1.36. The van der Waals surface area contributed by atoms with E-state index >= 15 is 0 Å². The summed E-state index contributed by atoms with van der Waals surface area (Å²) in [7, 11) is 1.67. The molecule has 100 valence electrons. The van der Waals surface area contributed by atoms with Gasteiger partial charge in [0.15, 0.2) is 0 Å². The fourth-order valence-electron chi connectivity index (χ4n) is 0.826. The molecule has 0 saturated heterocycles. The Morgan fingerprint density at radius 3 is 2.47 bits per heavy atom. The smallest absolute Gasteiger partial charge is 0.410 e. The Bertz CT molecular complexity index is 257. The summed E-state index contributed by atoms with van der Waals surface area (Å²) in [6.45, 7) is 10.3. The Kier molecular flexibility index (Phi) is 6.61. The first-order chi connectivity index (χ1) is 7.72. The molecule has 0 heterocycles. The second kappa shape index (κ2) is 7.14. The van der Waals surface area contributed by atoms with Gasteiger partial charge < -0.3 is 14.5 Å². The number of carbonyl (C=O) groups excluding carboxylic acids is 1. The molecule has 17 heavy (non-hydrogen) atoms. The topological polar surface area (TPSA) is 51.1 Å². The molecule has 0 fully saturated rings. The van der Waals surface area contributed by atoms with Crippen LogP contribution < -0.4 is 0 Å². The number of hydrogen-bond acceptors (Lipinski definition) is 4. The van der Waals surface area contributed by atoms with Crippen LogP contribution in [-0.2, 0) is 9.57 Å². The number of ether oxygens (including phenoxy) is 1. The van der Waals surface area contributed by atoms with Crippen molar-refractivity contribution in [2.24, 2.45) is 11.1 Å². The third kappa shape index (κ3) is 9.66. The Morgan fingerprint density at radius 1 is 1.41 bits per heavy atom. The molecule has 0 bridgehead atoms. The number of likely N-dealkylation sites (N-methyl/N-ethyl adjacent to an activating group) is 1. The molecule has 0 aromatic carbocycles. The standard InChI is InChI=1S/C12H24N2O3/c1-10(2)9-13-16-8-7-14(6)11(15)17-12(3,4)5/h9-10H,7-8H2,1-6H3/b13-9+. The molecule has 5 heteroatoms. The number of nitrogens with zero attached hydrogens (tertiary/aromatic N) is 2. The van der Waals surface area contributed by atoms with Crippen molar-refractivity contribution < 1.29 is 14.4 Å². The summed E-state index contributed by atoms with van der Waals surface area (Å²) in [6, 6.07) is 0. The highest BCUT2D eigenvalue weighted by molar-refractivity contribution is 5.67. The van der Waals surface area contributed by atoms with Gasteiger partial charge in [-0.1, -0.05) is 19.0 Å². The van der Waals surface area contributed by atoms with E-state index in [9.17, 15) is 4.79 Å². The number of carbonyl (C=O) groups is 1. The highest BCUT2D eigenvalue weighted by atomic mass is 16.6. The monoisotopic (exact) mass is 244 g/mol.